The van der Waals surface area contributed by atoms with Crippen LogP contribution >= 0.6 is 0 Å². The van der Waals surface area contributed by atoms with Crippen LogP contribution in [0.1, 0.15) is 63.8 Å². The highest BCUT2D eigenvalue weighted by Crippen LogP contribution is 2.27. The minimum absolute atomic E-state index is 0.00241. The SMILES string of the molecule is CC(=O)NCCc1ccc(C(=O)COC(=O)C(CC(C)C)N2C(=O)c3ccccc3C2=O)cc1. The molecule has 178 valence electrons. The van der Waals surface area contributed by atoms with E-state index in [1.165, 1.54) is 6.92 Å². The fraction of sp³-hybridized carbons (Fsp3) is 0.346. The fourth-order valence-electron chi connectivity index (χ4n) is 3.80. The summed E-state index contributed by atoms with van der Waals surface area (Å²) in [5.74, 6) is -2.36. The Kier molecular flexibility index (Phi) is 7.94. The van der Waals surface area contributed by atoms with E-state index in [9.17, 15) is 24.0 Å². The molecule has 0 saturated carbocycles. The Labute approximate surface area is 198 Å². The second-order valence-corrected chi connectivity index (χ2v) is 8.63. The number of carbonyl (C=O) groups is 5. The van der Waals surface area contributed by atoms with Crippen molar-refractivity contribution in [3.8, 4) is 0 Å². The van der Waals surface area contributed by atoms with E-state index in [1.54, 1.807) is 48.5 Å². The summed E-state index contributed by atoms with van der Waals surface area (Å²) in [6.45, 7) is 5.19. The van der Waals surface area contributed by atoms with E-state index in [-0.39, 0.29) is 29.4 Å². The van der Waals surface area contributed by atoms with Gasteiger partial charge < -0.3 is 10.1 Å². The molecular weight excluding hydrogens is 436 g/mol. The Hall–Kier alpha value is -3.81. The van der Waals surface area contributed by atoms with Crippen LogP contribution in [0.4, 0.5) is 0 Å². The van der Waals surface area contributed by atoms with Gasteiger partial charge in [-0.3, -0.25) is 24.1 Å². The topological polar surface area (TPSA) is 110 Å². The number of fused-ring (bicyclic) bond motifs is 1. The predicted molar refractivity (Wildman–Crippen MR) is 124 cm³/mol. The molecule has 0 aliphatic carbocycles. The van der Waals surface area contributed by atoms with Crippen molar-refractivity contribution in [2.24, 2.45) is 5.92 Å². The van der Waals surface area contributed by atoms with Crippen LogP contribution in [-0.2, 0) is 20.7 Å². The average Bonchev–Trinajstić information content (AvgIpc) is 3.06. The van der Waals surface area contributed by atoms with E-state index in [1.807, 2.05) is 13.8 Å². The number of nitrogens with one attached hydrogen (secondary N) is 1. The molecule has 34 heavy (non-hydrogen) atoms. The van der Waals surface area contributed by atoms with Crippen molar-refractivity contribution in [1.82, 2.24) is 10.2 Å². The lowest BCUT2D eigenvalue weighted by atomic mass is 10.0. The lowest BCUT2D eigenvalue weighted by molar-refractivity contribution is -0.147. The minimum atomic E-state index is -1.11. The van der Waals surface area contributed by atoms with Crippen LogP contribution in [0.25, 0.3) is 0 Å². The third-order valence-corrected chi connectivity index (χ3v) is 5.51. The average molecular weight is 465 g/mol. The first kappa shape index (κ1) is 24.8. The number of hydrogen-bond acceptors (Lipinski definition) is 6. The van der Waals surface area contributed by atoms with E-state index in [0.717, 1.165) is 10.5 Å². The largest absolute Gasteiger partial charge is 0.456 e. The van der Waals surface area contributed by atoms with Gasteiger partial charge in [-0.25, -0.2) is 4.79 Å². The molecule has 8 nitrogen and oxygen atoms in total. The summed E-state index contributed by atoms with van der Waals surface area (Å²) in [6, 6.07) is 12.1. The van der Waals surface area contributed by atoms with Gasteiger partial charge in [0, 0.05) is 19.0 Å². The van der Waals surface area contributed by atoms with Crippen molar-refractivity contribution in [1.29, 1.82) is 0 Å². The van der Waals surface area contributed by atoms with Crippen LogP contribution in [0.3, 0.4) is 0 Å². The second kappa shape index (κ2) is 10.9. The van der Waals surface area contributed by atoms with Crippen LogP contribution in [0.15, 0.2) is 48.5 Å². The molecule has 3 rings (SSSR count). The summed E-state index contributed by atoms with van der Waals surface area (Å²) >= 11 is 0. The smallest absolute Gasteiger partial charge is 0.329 e. The molecule has 1 heterocycles. The molecule has 1 N–H and O–H groups in total. The number of carbonyl (C=O) groups excluding carboxylic acids is 5. The third-order valence-electron chi connectivity index (χ3n) is 5.51. The predicted octanol–water partition coefficient (Wildman–Crippen LogP) is 2.80. The molecule has 2 aromatic rings. The van der Waals surface area contributed by atoms with Crippen molar-refractivity contribution in [2.75, 3.05) is 13.2 Å². The molecular formula is C26H28N2O6. The first-order valence-electron chi connectivity index (χ1n) is 11.2. The van der Waals surface area contributed by atoms with Gasteiger partial charge in [0.25, 0.3) is 11.8 Å². The zero-order valence-corrected chi connectivity index (χ0v) is 19.5. The van der Waals surface area contributed by atoms with Gasteiger partial charge in [-0.2, -0.15) is 0 Å². The Bertz CT molecular complexity index is 1070. The van der Waals surface area contributed by atoms with Gasteiger partial charge in [0.2, 0.25) is 5.91 Å². The zero-order valence-electron chi connectivity index (χ0n) is 19.5. The molecule has 0 spiro atoms. The van der Waals surface area contributed by atoms with Gasteiger partial charge in [-0.1, -0.05) is 50.2 Å². The molecule has 0 fully saturated rings. The van der Waals surface area contributed by atoms with Gasteiger partial charge in [-0.05, 0) is 36.5 Å². The zero-order chi connectivity index (χ0) is 24.8. The summed E-state index contributed by atoms with van der Waals surface area (Å²) in [6.07, 6.45) is 0.849. The van der Waals surface area contributed by atoms with Gasteiger partial charge in [-0.15, -0.1) is 0 Å². The summed E-state index contributed by atoms with van der Waals surface area (Å²) in [5, 5.41) is 2.71. The summed E-state index contributed by atoms with van der Waals surface area (Å²) < 4.78 is 5.27. The maximum absolute atomic E-state index is 12.9. The first-order valence-corrected chi connectivity index (χ1v) is 11.2. The summed E-state index contributed by atoms with van der Waals surface area (Å²) in [4.78, 5) is 63.1. The normalized spacial score (nSPS) is 13.6. The Morgan fingerprint density at radius 2 is 1.53 bits per heavy atom. The summed E-state index contributed by atoms with van der Waals surface area (Å²) in [7, 11) is 0. The van der Waals surface area contributed by atoms with Gasteiger partial charge in [0.1, 0.15) is 6.04 Å². The number of amides is 3. The monoisotopic (exact) mass is 464 g/mol. The lowest BCUT2D eigenvalue weighted by Gasteiger charge is -2.25. The molecule has 0 aromatic heterocycles. The van der Waals surface area contributed by atoms with Crippen molar-refractivity contribution in [3.63, 3.8) is 0 Å². The second-order valence-electron chi connectivity index (χ2n) is 8.63. The maximum Gasteiger partial charge on any atom is 0.329 e. The van der Waals surface area contributed by atoms with Crippen LogP contribution < -0.4 is 5.32 Å². The first-order chi connectivity index (χ1) is 16.2. The molecule has 1 aliphatic heterocycles. The van der Waals surface area contributed by atoms with Crippen molar-refractivity contribution < 1.29 is 28.7 Å². The van der Waals surface area contributed by atoms with Crippen LogP contribution in [0.5, 0.6) is 0 Å². The molecule has 0 saturated heterocycles. The lowest BCUT2D eigenvalue weighted by Crippen LogP contribution is -2.46. The third kappa shape index (κ3) is 5.75. The maximum atomic E-state index is 12.9. The molecule has 1 unspecified atom stereocenters. The number of rotatable bonds is 10. The molecule has 0 radical (unpaired) electrons. The Morgan fingerprint density at radius 1 is 0.941 bits per heavy atom. The van der Waals surface area contributed by atoms with E-state index in [4.69, 9.17) is 4.74 Å². The molecule has 2 aromatic carbocycles. The number of imide groups is 1. The number of ether oxygens (including phenoxy) is 1. The summed E-state index contributed by atoms with van der Waals surface area (Å²) in [5.41, 5.74) is 1.83. The van der Waals surface area contributed by atoms with Gasteiger partial charge in [0.15, 0.2) is 12.4 Å². The number of nitrogens with zero attached hydrogens (tertiary/aromatic N) is 1. The van der Waals surface area contributed by atoms with Crippen molar-refractivity contribution in [3.05, 3.63) is 70.8 Å². The Balaban J connectivity index is 1.64. The molecule has 1 atom stereocenters. The quantitative estimate of drug-likeness (QED) is 0.329. The van der Waals surface area contributed by atoms with Crippen molar-refractivity contribution in [2.45, 2.75) is 39.7 Å². The molecule has 0 bridgehead atoms. The number of ketones is 1. The standard InChI is InChI=1S/C26H28N2O6/c1-16(2)14-22(28-24(31)20-6-4-5-7-21(20)25(28)32)26(33)34-15-23(30)19-10-8-18(9-11-19)12-13-27-17(3)29/h4-11,16,22H,12-15H2,1-3H3,(H,27,29). The highest BCUT2D eigenvalue weighted by molar-refractivity contribution is 6.22. The van der Waals surface area contributed by atoms with Crippen LogP contribution in [-0.4, -0.2) is 53.6 Å². The van der Waals surface area contributed by atoms with Gasteiger partial charge >= 0.3 is 5.97 Å². The van der Waals surface area contributed by atoms with E-state index >= 15 is 0 Å². The highest BCUT2D eigenvalue weighted by atomic mass is 16.5. The molecule has 8 heteroatoms. The van der Waals surface area contributed by atoms with Gasteiger partial charge in [0.05, 0.1) is 11.1 Å². The minimum Gasteiger partial charge on any atom is -0.456 e. The van der Waals surface area contributed by atoms with E-state index in [0.29, 0.717) is 18.5 Å². The van der Waals surface area contributed by atoms with E-state index in [2.05, 4.69) is 5.32 Å². The molecule has 1 aliphatic rings. The van der Waals surface area contributed by atoms with Crippen LogP contribution in [0, 0.1) is 5.92 Å². The highest BCUT2D eigenvalue weighted by Gasteiger charge is 2.43. The van der Waals surface area contributed by atoms with Crippen molar-refractivity contribution >= 4 is 29.5 Å². The number of hydrogen-bond donors (Lipinski definition) is 1. The number of esters is 1. The van der Waals surface area contributed by atoms with Crippen LogP contribution in [0.2, 0.25) is 0 Å². The Morgan fingerprint density at radius 3 is 2.06 bits per heavy atom. The number of benzene rings is 2. The molecule has 3 amide bonds. The number of Topliss-reactive ketones (excluding diaryl/α,β-unsaturated/α-hetero) is 1. The van der Waals surface area contributed by atoms with E-state index < -0.39 is 36.2 Å². The fourth-order valence-corrected chi connectivity index (χ4v) is 3.80.